The number of aromatic nitrogens is 4. The van der Waals surface area contributed by atoms with Crippen molar-refractivity contribution < 1.29 is 4.52 Å². The van der Waals surface area contributed by atoms with Crippen molar-refractivity contribution in [3.05, 3.63) is 53.7 Å². The van der Waals surface area contributed by atoms with Gasteiger partial charge in [-0.05, 0) is 12.0 Å². The molecule has 0 aliphatic heterocycles. The van der Waals surface area contributed by atoms with Crippen molar-refractivity contribution in [3.8, 4) is 11.4 Å². The van der Waals surface area contributed by atoms with E-state index in [1.165, 1.54) is 5.56 Å². The third-order valence-electron chi connectivity index (χ3n) is 3.41. The molecular formula is C15H17N5O. The average Bonchev–Trinajstić information content (AvgIpc) is 3.16. The minimum atomic E-state index is -0.463. The lowest BCUT2D eigenvalue weighted by Gasteiger charge is -2.01. The van der Waals surface area contributed by atoms with Gasteiger partial charge in [-0.1, -0.05) is 36.3 Å². The second-order valence-corrected chi connectivity index (χ2v) is 4.93. The Hall–Kier alpha value is -2.47. The highest BCUT2D eigenvalue weighted by Gasteiger charge is 2.18. The van der Waals surface area contributed by atoms with Crippen molar-refractivity contribution in [1.29, 1.82) is 0 Å². The fourth-order valence-corrected chi connectivity index (χ4v) is 2.11. The molecule has 0 spiro atoms. The topological polar surface area (TPSA) is 82.8 Å². The van der Waals surface area contributed by atoms with E-state index in [-0.39, 0.29) is 0 Å². The molecule has 2 heterocycles. The zero-order valence-electron chi connectivity index (χ0n) is 12.0. The standard InChI is InChI=1S/C15H17N5O/c1-3-10-4-6-11(7-5-10)14-18-15(21-19-14)13(16)12-8-17-20(2)9-12/h4-9,13H,3,16H2,1-2H3. The van der Waals surface area contributed by atoms with Crippen LogP contribution in [0.3, 0.4) is 0 Å². The molecular weight excluding hydrogens is 266 g/mol. The van der Waals surface area contributed by atoms with Gasteiger partial charge in [0.15, 0.2) is 0 Å². The van der Waals surface area contributed by atoms with Crippen LogP contribution in [0.25, 0.3) is 11.4 Å². The van der Waals surface area contributed by atoms with Crippen LogP contribution < -0.4 is 5.73 Å². The number of aryl methyl sites for hydroxylation is 2. The molecule has 0 saturated carbocycles. The van der Waals surface area contributed by atoms with E-state index < -0.39 is 6.04 Å². The monoisotopic (exact) mass is 283 g/mol. The molecule has 0 saturated heterocycles. The molecule has 21 heavy (non-hydrogen) atoms. The quantitative estimate of drug-likeness (QED) is 0.792. The molecule has 108 valence electrons. The van der Waals surface area contributed by atoms with E-state index in [0.29, 0.717) is 11.7 Å². The normalized spacial score (nSPS) is 12.5. The van der Waals surface area contributed by atoms with E-state index in [1.54, 1.807) is 10.9 Å². The maximum atomic E-state index is 6.12. The summed E-state index contributed by atoms with van der Waals surface area (Å²) < 4.78 is 6.97. The van der Waals surface area contributed by atoms with E-state index in [2.05, 4.69) is 34.3 Å². The van der Waals surface area contributed by atoms with Gasteiger partial charge in [0.05, 0.1) is 6.20 Å². The highest BCUT2D eigenvalue weighted by Crippen LogP contribution is 2.21. The molecule has 2 N–H and O–H groups in total. The lowest BCUT2D eigenvalue weighted by Crippen LogP contribution is -2.11. The van der Waals surface area contributed by atoms with Gasteiger partial charge in [-0.15, -0.1) is 0 Å². The van der Waals surface area contributed by atoms with Gasteiger partial charge in [0.1, 0.15) is 6.04 Å². The van der Waals surface area contributed by atoms with Crippen LogP contribution in [0.4, 0.5) is 0 Å². The molecule has 3 rings (SSSR count). The second-order valence-electron chi connectivity index (χ2n) is 4.93. The summed E-state index contributed by atoms with van der Waals surface area (Å²) in [6, 6.07) is 7.64. The minimum absolute atomic E-state index is 0.387. The van der Waals surface area contributed by atoms with Gasteiger partial charge in [-0.2, -0.15) is 10.1 Å². The third-order valence-corrected chi connectivity index (χ3v) is 3.41. The number of nitrogens with two attached hydrogens (primary N) is 1. The van der Waals surface area contributed by atoms with Crippen molar-refractivity contribution in [3.63, 3.8) is 0 Å². The SMILES string of the molecule is CCc1ccc(-c2noc(C(N)c3cnn(C)c3)n2)cc1. The highest BCUT2D eigenvalue weighted by atomic mass is 16.5. The van der Waals surface area contributed by atoms with Crippen LogP contribution in [0.5, 0.6) is 0 Å². The number of rotatable bonds is 4. The van der Waals surface area contributed by atoms with E-state index in [0.717, 1.165) is 17.5 Å². The molecule has 3 aromatic rings. The van der Waals surface area contributed by atoms with Crippen LogP contribution in [0.15, 0.2) is 41.2 Å². The van der Waals surface area contributed by atoms with Crippen LogP contribution in [-0.4, -0.2) is 19.9 Å². The summed E-state index contributed by atoms with van der Waals surface area (Å²) in [6.07, 6.45) is 4.54. The van der Waals surface area contributed by atoms with Gasteiger partial charge in [0.25, 0.3) is 0 Å². The Balaban J connectivity index is 1.85. The predicted molar refractivity (Wildman–Crippen MR) is 78.4 cm³/mol. The molecule has 0 radical (unpaired) electrons. The zero-order chi connectivity index (χ0) is 14.8. The first kappa shape index (κ1) is 13.5. The number of nitrogens with zero attached hydrogens (tertiary/aromatic N) is 4. The Labute approximate surface area is 122 Å². The molecule has 6 nitrogen and oxygen atoms in total. The van der Waals surface area contributed by atoms with Crippen molar-refractivity contribution in [1.82, 2.24) is 19.9 Å². The maximum absolute atomic E-state index is 6.12. The molecule has 0 aliphatic rings. The lowest BCUT2D eigenvalue weighted by atomic mass is 10.1. The van der Waals surface area contributed by atoms with Crippen molar-refractivity contribution in [2.75, 3.05) is 0 Å². The number of hydrogen-bond acceptors (Lipinski definition) is 5. The molecule has 0 aliphatic carbocycles. The van der Waals surface area contributed by atoms with Crippen molar-refractivity contribution in [2.45, 2.75) is 19.4 Å². The molecule has 0 fully saturated rings. The maximum Gasteiger partial charge on any atom is 0.248 e. The predicted octanol–water partition coefficient (Wildman–Crippen LogP) is 2.08. The molecule has 6 heteroatoms. The summed E-state index contributed by atoms with van der Waals surface area (Å²) in [5.41, 5.74) is 9.15. The van der Waals surface area contributed by atoms with E-state index in [1.807, 2.05) is 25.4 Å². The molecule has 1 atom stereocenters. The number of hydrogen-bond donors (Lipinski definition) is 1. The van der Waals surface area contributed by atoms with Crippen LogP contribution in [0.1, 0.15) is 30.0 Å². The van der Waals surface area contributed by atoms with Gasteiger partial charge in [-0.3, -0.25) is 4.68 Å². The zero-order valence-corrected chi connectivity index (χ0v) is 12.0. The fraction of sp³-hybridized carbons (Fsp3) is 0.267. The summed E-state index contributed by atoms with van der Waals surface area (Å²) in [5, 5.41) is 8.10. The van der Waals surface area contributed by atoms with Crippen molar-refractivity contribution >= 4 is 0 Å². The van der Waals surface area contributed by atoms with Crippen LogP contribution >= 0.6 is 0 Å². The summed E-state index contributed by atoms with van der Waals surface area (Å²) in [7, 11) is 1.84. The van der Waals surface area contributed by atoms with E-state index in [4.69, 9.17) is 10.3 Å². The largest absolute Gasteiger partial charge is 0.337 e. The van der Waals surface area contributed by atoms with Crippen LogP contribution in [-0.2, 0) is 13.5 Å². The molecule has 0 amide bonds. The third kappa shape index (κ3) is 2.71. The van der Waals surface area contributed by atoms with Gasteiger partial charge < -0.3 is 10.3 Å². The van der Waals surface area contributed by atoms with Crippen LogP contribution in [0, 0.1) is 0 Å². The Morgan fingerprint density at radius 2 is 2.05 bits per heavy atom. The summed E-state index contributed by atoms with van der Waals surface area (Å²) in [4.78, 5) is 4.38. The van der Waals surface area contributed by atoms with Crippen molar-refractivity contribution in [2.24, 2.45) is 12.8 Å². The first-order valence-corrected chi connectivity index (χ1v) is 6.84. The van der Waals surface area contributed by atoms with Gasteiger partial charge in [-0.25, -0.2) is 0 Å². The van der Waals surface area contributed by atoms with Crippen LogP contribution in [0.2, 0.25) is 0 Å². The first-order chi connectivity index (χ1) is 10.2. The number of benzene rings is 1. The lowest BCUT2D eigenvalue weighted by molar-refractivity contribution is 0.367. The fourth-order valence-electron chi connectivity index (χ4n) is 2.11. The second kappa shape index (κ2) is 5.49. The smallest absolute Gasteiger partial charge is 0.248 e. The van der Waals surface area contributed by atoms with Gasteiger partial charge >= 0.3 is 0 Å². The molecule has 0 bridgehead atoms. The van der Waals surface area contributed by atoms with Gasteiger partial charge in [0.2, 0.25) is 11.7 Å². The first-order valence-electron chi connectivity index (χ1n) is 6.84. The summed E-state index contributed by atoms with van der Waals surface area (Å²) in [5.74, 6) is 0.935. The van der Waals surface area contributed by atoms with Gasteiger partial charge in [0, 0.05) is 24.4 Å². The Kier molecular flexibility index (Phi) is 3.53. The summed E-state index contributed by atoms with van der Waals surface area (Å²) in [6.45, 7) is 2.12. The van der Waals surface area contributed by atoms with E-state index in [9.17, 15) is 0 Å². The minimum Gasteiger partial charge on any atom is -0.337 e. The summed E-state index contributed by atoms with van der Waals surface area (Å²) >= 11 is 0. The Morgan fingerprint density at radius 1 is 1.29 bits per heavy atom. The van der Waals surface area contributed by atoms with E-state index >= 15 is 0 Å². The molecule has 2 aromatic heterocycles. The highest BCUT2D eigenvalue weighted by molar-refractivity contribution is 5.54. The Bertz CT molecular complexity index is 729. The molecule has 1 unspecified atom stereocenters. The Morgan fingerprint density at radius 3 is 2.67 bits per heavy atom. The average molecular weight is 283 g/mol. The molecule has 1 aromatic carbocycles.